The van der Waals surface area contributed by atoms with E-state index in [1.165, 1.54) is 16.7 Å². The molecule has 3 aliphatic heterocycles. The number of nitrogens with one attached hydrogen (secondary N) is 2. The second-order valence-corrected chi connectivity index (χ2v) is 12.6. The molecule has 2 aromatic rings. The minimum absolute atomic E-state index is 0.224. The van der Waals surface area contributed by atoms with Gasteiger partial charge in [-0.15, -0.1) is 0 Å². The molecule has 0 unspecified atom stereocenters. The molecule has 2 saturated heterocycles. The molecule has 1 aromatic heterocycles. The van der Waals surface area contributed by atoms with Crippen LogP contribution >= 0.6 is 0 Å². The maximum Gasteiger partial charge on any atom is 0.408 e. The zero-order valence-corrected chi connectivity index (χ0v) is 26.2. The number of anilines is 4. The number of likely N-dealkylation sites (N-methyl/N-ethyl adjacent to an activating group) is 1. The summed E-state index contributed by atoms with van der Waals surface area (Å²) >= 11 is 0. The lowest BCUT2D eigenvalue weighted by atomic mass is 9.96. The smallest absolute Gasteiger partial charge is 0.408 e. The number of piperidine rings is 1. The molecule has 2 fully saturated rings. The number of carbonyl (C=O) groups is 3. The molecule has 13 nitrogen and oxygen atoms in total. The molecule has 4 heterocycles. The van der Waals surface area contributed by atoms with Gasteiger partial charge in [-0.1, -0.05) is 6.58 Å². The van der Waals surface area contributed by atoms with E-state index in [1.54, 1.807) is 43.8 Å². The lowest BCUT2D eigenvalue weighted by Gasteiger charge is -2.46. The van der Waals surface area contributed by atoms with Crippen LogP contribution in [-0.2, 0) is 16.1 Å². The molecule has 13 heteroatoms. The van der Waals surface area contributed by atoms with Crippen LogP contribution in [-0.4, -0.2) is 114 Å². The number of hydrogen-bond acceptors (Lipinski definition) is 9. The first kappa shape index (κ1) is 31.0. The summed E-state index contributed by atoms with van der Waals surface area (Å²) in [5.41, 5.74) is 2.12. The van der Waals surface area contributed by atoms with Gasteiger partial charge in [-0.3, -0.25) is 9.69 Å². The topological polar surface area (TPSA) is 126 Å². The molecule has 0 bridgehead atoms. The second kappa shape index (κ2) is 12.7. The SMILES string of the molecule is C=CC(=O)N1CC[C@H](N2Cc3cnc(Nc4ccc(N5CCN(C)CC5)cc4)nc3N(C)C2=O)[C@@H](NC(=O)OC(C)(C)C)C1. The van der Waals surface area contributed by atoms with Gasteiger partial charge in [0.05, 0.1) is 18.6 Å². The highest BCUT2D eigenvalue weighted by molar-refractivity contribution is 5.93. The van der Waals surface area contributed by atoms with E-state index >= 15 is 0 Å². The van der Waals surface area contributed by atoms with Crippen molar-refractivity contribution in [1.82, 2.24) is 30.0 Å². The summed E-state index contributed by atoms with van der Waals surface area (Å²) in [4.78, 5) is 57.6. The molecular formula is C31H43N9O4. The van der Waals surface area contributed by atoms with Gasteiger partial charge in [-0.2, -0.15) is 4.98 Å². The van der Waals surface area contributed by atoms with Crippen molar-refractivity contribution in [2.75, 3.05) is 68.5 Å². The largest absolute Gasteiger partial charge is 0.444 e. The summed E-state index contributed by atoms with van der Waals surface area (Å²) in [7, 11) is 3.82. The van der Waals surface area contributed by atoms with Crippen molar-refractivity contribution in [2.24, 2.45) is 0 Å². The lowest BCUT2D eigenvalue weighted by molar-refractivity contribution is -0.128. The predicted octanol–water partition coefficient (Wildman–Crippen LogP) is 3.02. The van der Waals surface area contributed by atoms with Crippen LogP contribution in [0.3, 0.4) is 0 Å². The zero-order chi connectivity index (χ0) is 31.6. The standard InChI is InChI=1S/C31H43N9O4/c1-7-26(41)39-13-12-25(24(20-39)34-29(42)44-31(2,3)4)40-19-21-18-32-28(35-27(21)37(6)30(40)43)33-22-8-10-23(11-9-22)38-16-14-36(5)15-17-38/h7-11,18,24-25H,1,12-17,19-20H2,2-6H3,(H,34,42)(H,32,33,35)/t24-,25-/m0/s1. The summed E-state index contributed by atoms with van der Waals surface area (Å²) in [6.45, 7) is 13.9. The highest BCUT2D eigenvalue weighted by Crippen LogP contribution is 2.31. The van der Waals surface area contributed by atoms with Crippen molar-refractivity contribution in [2.45, 2.75) is 51.4 Å². The maximum absolute atomic E-state index is 13.7. The van der Waals surface area contributed by atoms with Crippen LogP contribution in [0.2, 0.25) is 0 Å². The number of fused-ring (bicyclic) bond motifs is 1. The Morgan fingerprint density at radius 1 is 1.07 bits per heavy atom. The molecule has 1 aromatic carbocycles. The van der Waals surface area contributed by atoms with E-state index in [-0.39, 0.29) is 31.1 Å². The fourth-order valence-electron chi connectivity index (χ4n) is 5.85. The fraction of sp³-hybridized carbons (Fsp3) is 0.516. The Morgan fingerprint density at radius 3 is 2.43 bits per heavy atom. The van der Waals surface area contributed by atoms with E-state index in [4.69, 9.17) is 4.74 Å². The number of nitrogens with zero attached hydrogens (tertiary/aromatic N) is 7. The number of likely N-dealkylation sites (tertiary alicyclic amines) is 1. The van der Waals surface area contributed by atoms with Gasteiger partial charge < -0.3 is 35.0 Å². The number of piperazine rings is 1. The quantitative estimate of drug-likeness (QED) is 0.478. The Labute approximate surface area is 258 Å². The molecule has 0 saturated carbocycles. The number of aromatic nitrogens is 2. The Morgan fingerprint density at radius 2 is 1.77 bits per heavy atom. The van der Waals surface area contributed by atoms with Crippen LogP contribution in [0.15, 0.2) is 43.1 Å². The number of rotatable bonds is 6. The van der Waals surface area contributed by atoms with E-state index in [0.717, 1.165) is 37.4 Å². The molecule has 236 valence electrons. The number of alkyl carbamates (subject to hydrolysis) is 1. The first-order chi connectivity index (χ1) is 20.9. The maximum atomic E-state index is 13.7. The third-order valence-electron chi connectivity index (χ3n) is 8.19. The highest BCUT2D eigenvalue weighted by Gasteiger charge is 2.42. The van der Waals surface area contributed by atoms with Gasteiger partial charge in [0.2, 0.25) is 11.9 Å². The molecule has 3 aliphatic rings. The molecule has 4 amide bonds. The van der Waals surface area contributed by atoms with Crippen LogP contribution in [0.4, 0.5) is 32.7 Å². The number of amides is 4. The number of ether oxygens (including phenoxy) is 1. The van der Waals surface area contributed by atoms with Crippen LogP contribution in [0.5, 0.6) is 0 Å². The van der Waals surface area contributed by atoms with Gasteiger partial charge in [0, 0.05) is 69.5 Å². The van der Waals surface area contributed by atoms with E-state index in [0.29, 0.717) is 24.7 Å². The van der Waals surface area contributed by atoms with Gasteiger partial charge in [0.1, 0.15) is 11.4 Å². The molecule has 2 atom stereocenters. The predicted molar refractivity (Wildman–Crippen MR) is 169 cm³/mol. The summed E-state index contributed by atoms with van der Waals surface area (Å²) in [6.07, 6.45) is 2.85. The second-order valence-electron chi connectivity index (χ2n) is 12.6. The van der Waals surface area contributed by atoms with Gasteiger partial charge in [-0.05, 0) is 64.6 Å². The van der Waals surface area contributed by atoms with Crippen molar-refractivity contribution < 1.29 is 19.1 Å². The minimum Gasteiger partial charge on any atom is -0.444 e. The van der Waals surface area contributed by atoms with Crippen LogP contribution in [0, 0.1) is 0 Å². The van der Waals surface area contributed by atoms with Crippen molar-refractivity contribution in [3.63, 3.8) is 0 Å². The summed E-state index contributed by atoms with van der Waals surface area (Å²) in [5, 5.41) is 6.17. The first-order valence-corrected chi connectivity index (χ1v) is 15.0. The zero-order valence-electron chi connectivity index (χ0n) is 26.2. The highest BCUT2D eigenvalue weighted by atomic mass is 16.6. The van der Waals surface area contributed by atoms with E-state index < -0.39 is 17.7 Å². The molecule has 0 radical (unpaired) electrons. The van der Waals surface area contributed by atoms with Crippen molar-refractivity contribution >= 4 is 41.2 Å². The molecule has 5 rings (SSSR count). The molecule has 0 spiro atoms. The average Bonchev–Trinajstić information content (AvgIpc) is 2.99. The third kappa shape index (κ3) is 7.04. The first-order valence-electron chi connectivity index (χ1n) is 15.0. The lowest BCUT2D eigenvalue weighted by Crippen LogP contribution is -2.64. The van der Waals surface area contributed by atoms with Crippen molar-refractivity contribution in [1.29, 1.82) is 0 Å². The van der Waals surface area contributed by atoms with E-state index in [2.05, 4.69) is 56.2 Å². The van der Waals surface area contributed by atoms with Gasteiger partial charge in [-0.25, -0.2) is 14.6 Å². The Hall–Kier alpha value is -4.39. The van der Waals surface area contributed by atoms with Gasteiger partial charge >= 0.3 is 12.1 Å². The van der Waals surface area contributed by atoms with Crippen LogP contribution < -0.4 is 20.4 Å². The van der Waals surface area contributed by atoms with E-state index in [1.807, 2.05) is 12.1 Å². The Balaban J connectivity index is 1.30. The summed E-state index contributed by atoms with van der Waals surface area (Å²) in [5.74, 6) is 0.688. The Kier molecular flexibility index (Phi) is 8.95. The molecule has 44 heavy (non-hydrogen) atoms. The van der Waals surface area contributed by atoms with Crippen molar-refractivity contribution in [3.8, 4) is 0 Å². The summed E-state index contributed by atoms with van der Waals surface area (Å²) in [6, 6.07) is 7.03. The Bertz CT molecular complexity index is 1390. The normalized spacial score (nSPS) is 21.1. The number of hydrogen-bond donors (Lipinski definition) is 2. The number of benzene rings is 1. The third-order valence-corrected chi connectivity index (χ3v) is 8.19. The fourth-order valence-corrected chi connectivity index (χ4v) is 5.85. The van der Waals surface area contributed by atoms with Gasteiger partial charge in [0.15, 0.2) is 0 Å². The monoisotopic (exact) mass is 605 g/mol. The minimum atomic E-state index is -0.694. The van der Waals surface area contributed by atoms with Gasteiger partial charge in [0.25, 0.3) is 0 Å². The molecular weight excluding hydrogens is 562 g/mol. The average molecular weight is 606 g/mol. The van der Waals surface area contributed by atoms with Crippen LogP contribution in [0.1, 0.15) is 32.8 Å². The van der Waals surface area contributed by atoms with Crippen LogP contribution in [0.25, 0.3) is 0 Å². The van der Waals surface area contributed by atoms with E-state index in [9.17, 15) is 14.4 Å². The van der Waals surface area contributed by atoms with Crippen molar-refractivity contribution in [3.05, 3.63) is 48.7 Å². The summed E-state index contributed by atoms with van der Waals surface area (Å²) < 4.78 is 5.49. The number of urea groups is 1. The number of carbonyl (C=O) groups excluding carboxylic acids is 3. The molecule has 0 aliphatic carbocycles. The molecule has 2 N–H and O–H groups in total.